The fraction of sp³-hybridized carbons (Fsp3) is 0.625. The minimum absolute atomic E-state index is 0.350. The average Bonchev–Trinajstić information content (AvgIpc) is 2.77. The van der Waals surface area contributed by atoms with E-state index in [4.69, 9.17) is 9.47 Å². The summed E-state index contributed by atoms with van der Waals surface area (Å²) in [6, 6.07) is 9.14. The normalized spacial score (nSPS) is 27.4. The van der Waals surface area contributed by atoms with Crippen molar-refractivity contribution < 1.29 is 9.47 Å². The number of fused-ring (bicyclic) bond motifs is 1. The number of ether oxygens (including phenoxy) is 2. The van der Waals surface area contributed by atoms with E-state index in [0.717, 1.165) is 51.6 Å². The molecule has 0 saturated carbocycles. The molecule has 3 rings (SSSR count). The van der Waals surface area contributed by atoms with Crippen LogP contribution in [0, 0.1) is 0 Å². The second kappa shape index (κ2) is 6.57. The number of rotatable bonds is 3. The first-order chi connectivity index (χ1) is 9.90. The van der Waals surface area contributed by atoms with E-state index in [1.54, 1.807) is 0 Å². The Kier molecular flexibility index (Phi) is 4.55. The second-order valence-corrected chi connectivity index (χ2v) is 5.45. The van der Waals surface area contributed by atoms with Crippen LogP contribution in [0.25, 0.3) is 0 Å². The molecule has 2 atom stereocenters. The van der Waals surface area contributed by atoms with Crippen molar-refractivity contribution in [2.24, 2.45) is 0 Å². The molecule has 0 spiro atoms. The van der Waals surface area contributed by atoms with Crippen LogP contribution in [0.1, 0.15) is 24.9 Å². The Morgan fingerprint density at radius 3 is 3.05 bits per heavy atom. The Hall–Kier alpha value is -1.10. The van der Waals surface area contributed by atoms with E-state index >= 15 is 0 Å². The SMILES string of the molecule is CCNC1c2ccccc2OCC1N1CCCOCC1. The third-order valence-corrected chi connectivity index (χ3v) is 4.20. The molecule has 2 unspecified atom stereocenters. The fourth-order valence-corrected chi connectivity index (χ4v) is 3.23. The first-order valence-corrected chi connectivity index (χ1v) is 7.67. The van der Waals surface area contributed by atoms with Gasteiger partial charge in [-0.3, -0.25) is 4.90 Å². The highest BCUT2D eigenvalue weighted by Crippen LogP contribution is 2.34. The Labute approximate surface area is 121 Å². The zero-order valence-corrected chi connectivity index (χ0v) is 12.2. The van der Waals surface area contributed by atoms with Crippen molar-refractivity contribution >= 4 is 0 Å². The van der Waals surface area contributed by atoms with Crippen molar-refractivity contribution in [2.75, 3.05) is 39.5 Å². The van der Waals surface area contributed by atoms with E-state index in [1.807, 2.05) is 6.07 Å². The van der Waals surface area contributed by atoms with Gasteiger partial charge in [0.2, 0.25) is 0 Å². The van der Waals surface area contributed by atoms with Gasteiger partial charge in [-0.1, -0.05) is 25.1 Å². The first kappa shape index (κ1) is 13.9. The van der Waals surface area contributed by atoms with Gasteiger partial charge in [0, 0.05) is 25.3 Å². The lowest BCUT2D eigenvalue weighted by atomic mass is 9.94. The average molecular weight is 276 g/mol. The van der Waals surface area contributed by atoms with E-state index in [2.05, 4.69) is 35.3 Å². The van der Waals surface area contributed by atoms with Crippen molar-refractivity contribution in [2.45, 2.75) is 25.4 Å². The standard InChI is InChI=1S/C16H24N2O2/c1-2-17-16-13-6-3-4-7-15(13)20-12-14(16)18-8-5-10-19-11-9-18/h3-4,6-7,14,16-17H,2,5,8-12H2,1H3. The predicted octanol–water partition coefficient (Wildman–Crippen LogP) is 1.82. The molecular formula is C16H24N2O2. The van der Waals surface area contributed by atoms with E-state index in [9.17, 15) is 0 Å². The molecular weight excluding hydrogens is 252 g/mol. The quantitative estimate of drug-likeness (QED) is 0.913. The third-order valence-electron chi connectivity index (χ3n) is 4.20. The zero-order chi connectivity index (χ0) is 13.8. The first-order valence-electron chi connectivity index (χ1n) is 7.67. The van der Waals surface area contributed by atoms with Gasteiger partial charge in [0.05, 0.1) is 18.7 Å². The van der Waals surface area contributed by atoms with E-state index in [1.165, 1.54) is 5.56 Å². The zero-order valence-electron chi connectivity index (χ0n) is 12.2. The summed E-state index contributed by atoms with van der Waals surface area (Å²) in [6.45, 7) is 7.70. The van der Waals surface area contributed by atoms with Crippen LogP contribution in [0.2, 0.25) is 0 Å². The highest BCUT2D eigenvalue weighted by molar-refractivity contribution is 5.38. The van der Waals surface area contributed by atoms with Gasteiger partial charge in [0.1, 0.15) is 12.4 Å². The second-order valence-electron chi connectivity index (χ2n) is 5.45. The number of nitrogens with zero attached hydrogens (tertiary/aromatic N) is 1. The molecule has 1 fully saturated rings. The van der Waals surface area contributed by atoms with Crippen molar-refractivity contribution in [3.05, 3.63) is 29.8 Å². The maximum Gasteiger partial charge on any atom is 0.124 e. The summed E-state index contributed by atoms with van der Waals surface area (Å²) in [5.74, 6) is 1.03. The molecule has 4 heteroatoms. The summed E-state index contributed by atoms with van der Waals surface area (Å²) in [7, 11) is 0. The molecule has 4 nitrogen and oxygen atoms in total. The number of likely N-dealkylation sites (N-methyl/N-ethyl adjacent to an activating group) is 1. The van der Waals surface area contributed by atoms with Crippen molar-refractivity contribution in [3.63, 3.8) is 0 Å². The smallest absolute Gasteiger partial charge is 0.124 e. The number of hydrogen-bond acceptors (Lipinski definition) is 4. The number of benzene rings is 1. The van der Waals surface area contributed by atoms with Crippen LogP contribution in [0.5, 0.6) is 5.75 Å². The number of nitrogens with one attached hydrogen (secondary N) is 1. The predicted molar refractivity (Wildman–Crippen MR) is 79.2 cm³/mol. The van der Waals surface area contributed by atoms with E-state index < -0.39 is 0 Å². The minimum atomic E-state index is 0.350. The van der Waals surface area contributed by atoms with Gasteiger partial charge < -0.3 is 14.8 Å². The molecule has 0 radical (unpaired) electrons. The molecule has 2 aliphatic rings. The van der Waals surface area contributed by atoms with Gasteiger partial charge in [-0.25, -0.2) is 0 Å². The maximum absolute atomic E-state index is 5.98. The molecule has 1 aromatic carbocycles. The van der Waals surface area contributed by atoms with Gasteiger partial charge in [-0.05, 0) is 19.0 Å². The summed E-state index contributed by atoms with van der Waals surface area (Å²) < 4.78 is 11.6. The highest BCUT2D eigenvalue weighted by atomic mass is 16.5. The van der Waals surface area contributed by atoms with Crippen LogP contribution < -0.4 is 10.1 Å². The summed E-state index contributed by atoms with van der Waals surface area (Å²) in [6.07, 6.45) is 1.11. The van der Waals surface area contributed by atoms with Crippen molar-refractivity contribution in [1.82, 2.24) is 10.2 Å². The van der Waals surface area contributed by atoms with Crippen LogP contribution in [0.3, 0.4) is 0 Å². The molecule has 2 aliphatic heterocycles. The molecule has 0 aliphatic carbocycles. The van der Waals surface area contributed by atoms with Gasteiger partial charge in [-0.2, -0.15) is 0 Å². The topological polar surface area (TPSA) is 33.7 Å². The van der Waals surface area contributed by atoms with Crippen molar-refractivity contribution in [3.8, 4) is 5.75 Å². The Bertz CT molecular complexity index is 430. The highest BCUT2D eigenvalue weighted by Gasteiger charge is 2.34. The lowest BCUT2D eigenvalue weighted by Crippen LogP contribution is -2.51. The molecule has 0 aromatic heterocycles. The van der Waals surface area contributed by atoms with Gasteiger partial charge in [-0.15, -0.1) is 0 Å². The van der Waals surface area contributed by atoms with Crippen LogP contribution >= 0.6 is 0 Å². The summed E-state index contributed by atoms with van der Waals surface area (Å²) >= 11 is 0. The minimum Gasteiger partial charge on any atom is -0.492 e. The molecule has 20 heavy (non-hydrogen) atoms. The lowest BCUT2D eigenvalue weighted by Gasteiger charge is -2.40. The van der Waals surface area contributed by atoms with Crippen LogP contribution in [0.15, 0.2) is 24.3 Å². The fourth-order valence-electron chi connectivity index (χ4n) is 3.23. The Morgan fingerprint density at radius 2 is 2.15 bits per heavy atom. The van der Waals surface area contributed by atoms with Gasteiger partial charge in [0.25, 0.3) is 0 Å². The number of hydrogen-bond donors (Lipinski definition) is 1. The van der Waals surface area contributed by atoms with Gasteiger partial charge in [0.15, 0.2) is 0 Å². The van der Waals surface area contributed by atoms with Crippen molar-refractivity contribution in [1.29, 1.82) is 0 Å². The van der Waals surface area contributed by atoms with Crippen LogP contribution in [-0.2, 0) is 4.74 Å². The molecule has 1 saturated heterocycles. The molecule has 110 valence electrons. The molecule has 0 amide bonds. The molecule has 2 heterocycles. The molecule has 1 aromatic rings. The molecule has 0 bridgehead atoms. The van der Waals surface area contributed by atoms with E-state index in [-0.39, 0.29) is 0 Å². The Morgan fingerprint density at radius 1 is 1.25 bits per heavy atom. The van der Waals surface area contributed by atoms with Crippen LogP contribution in [0.4, 0.5) is 0 Å². The third kappa shape index (κ3) is 2.82. The number of para-hydroxylation sites is 1. The summed E-state index contributed by atoms with van der Waals surface area (Å²) in [5.41, 5.74) is 1.29. The lowest BCUT2D eigenvalue weighted by molar-refractivity contribution is 0.0787. The summed E-state index contributed by atoms with van der Waals surface area (Å²) in [4.78, 5) is 2.52. The van der Waals surface area contributed by atoms with Crippen LogP contribution in [-0.4, -0.2) is 50.4 Å². The summed E-state index contributed by atoms with van der Waals surface area (Å²) in [5, 5.41) is 3.65. The van der Waals surface area contributed by atoms with E-state index in [0.29, 0.717) is 12.1 Å². The monoisotopic (exact) mass is 276 g/mol. The largest absolute Gasteiger partial charge is 0.492 e. The molecule has 1 N–H and O–H groups in total. The Balaban J connectivity index is 1.83. The maximum atomic E-state index is 5.98. The van der Waals surface area contributed by atoms with Gasteiger partial charge >= 0.3 is 0 Å².